The third-order valence-electron chi connectivity index (χ3n) is 7.62. The second-order valence-corrected chi connectivity index (χ2v) is 10.4. The second kappa shape index (κ2) is 10.9. The van der Waals surface area contributed by atoms with Gasteiger partial charge in [-0.2, -0.15) is 0 Å². The van der Waals surface area contributed by atoms with Crippen LogP contribution in [0.15, 0.2) is 48.8 Å². The first-order chi connectivity index (χ1) is 21.8. The molecule has 1 fully saturated rings. The molecular weight excluding hydrogens is 490 g/mol. The molecule has 2 aromatic heterocycles. The molecule has 1 aliphatic rings. The van der Waals surface area contributed by atoms with Gasteiger partial charge in [-0.15, -0.1) is 0 Å². The number of anilines is 4. The molecule has 0 radical (unpaired) electrons. The van der Waals surface area contributed by atoms with Gasteiger partial charge in [0.15, 0.2) is 0 Å². The molecule has 3 heterocycles. The number of nitrogens with one attached hydrogen (secondary N) is 1. The number of ether oxygens (including phenoxy) is 1. The van der Waals surface area contributed by atoms with Crippen LogP contribution in [0.5, 0.6) is 0 Å². The Hall–Kier alpha value is -4.11. The smallest absolute Gasteiger partial charge is 0.341 e. The van der Waals surface area contributed by atoms with E-state index < -0.39 is 5.97 Å². The number of aromatic nitrogens is 3. The summed E-state index contributed by atoms with van der Waals surface area (Å²) in [6.45, 7) is 6.17. The molecule has 2 aromatic carbocycles. The first-order valence-electron chi connectivity index (χ1n) is 16.4. The number of benzene rings is 2. The summed E-state index contributed by atoms with van der Waals surface area (Å²) in [5.74, 6) is -0.0742. The summed E-state index contributed by atoms with van der Waals surface area (Å²) in [7, 11) is 6.26. The van der Waals surface area contributed by atoms with Gasteiger partial charge in [-0.05, 0) is 64.0 Å². The molecule has 4 aromatic rings. The maximum atomic E-state index is 12.8. The van der Waals surface area contributed by atoms with E-state index in [1.54, 1.807) is 6.92 Å². The van der Waals surface area contributed by atoms with Gasteiger partial charge in [-0.1, -0.05) is 18.2 Å². The minimum Gasteiger partial charge on any atom is -0.462 e. The number of rotatable bonds is 8. The number of nitrogens with zero attached hydrogens (tertiary/aromatic N) is 5. The van der Waals surface area contributed by atoms with Crippen LogP contribution in [0.3, 0.4) is 0 Å². The molecule has 9 heteroatoms. The van der Waals surface area contributed by atoms with Crippen LogP contribution in [0, 0.1) is 6.92 Å². The number of para-hydroxylation sites is 1. The molecule has 9 nitrogen and oxygen atoms in total. The monoisotopic (exact) mass is 549 g/mol. The number of hydrogen-bond acceptors (Lipinski definition) is 8. The van der Waals surface area contributed by atoms with Crippen molar-refractivity contribution in [3.05, 3.63) is 59.9 Å². The number of likely N-dealkylation sites (N-methyl/N-ethyl adjacent to an activating group) is 2. The lowest BCUT2D eigenvalue weighted by Gasteiger charge is -2.29. The molecule has 0 aliphatic carbocycles. The molecule has 1 saturated heterocycles. The number of carbonyl (C=O) groups excluding carboxylic acids is 1. The first kappa shape index (κ1) is 22.8. The number of likely N-dealkylation sites (tertiary alicyclic amines) is 1. The molecule has 3 N–H and O–H groups in total. The van der Waals surface area contributed by atoms with Crippen molar-refractivity contribution in [1.29, 1.82) is 0 Å². The molecule has 0 bridgehead atoms. The van der Waals surface area contributed by atoms with Gasteiger partial charge in [0, 0.05) is 71.6 Å². The van der Waals surface area contributed by atoms with Crippen LogP contribution in [-0.2, 0) is 11.8 Å². The zero-order valence-corrected chi connectivity index (χ0v) is 23.4. The zero-order chi connectivity index (χ0) is 33.7. The molecule has 5 rings (SSSR count). The summed E-state index contributed by atoms with van der Waals surface area (Å²) in [6.07, 6.45) is 5.96. The highest BCUT2D eigenvalue weighted by molar-refractivity contribution is 6.03. The lowest BCUT2D eigenvalue weighted by molar-refractivity contribution is 0.0526. The van der Waals surface area contributed by atoms with Crippen LogP contribution < -0.4 is 16.0 Å². The van der Waals surface area contributed by atoms with Crippen LogP contribution in [0.2, 0.25) is 0 Å². The van der Waals surface area contributed by atoms with E-state index >= 15 is 0 Å². The van der Waals surface area contributed by atoms with E-state index in [2.05, 4.69) is 40.3 Å². The molecule has 39 heavy (non-hydrogen) atoms. The fourth-order valence-electron chi connectivity index (χ4n) is 5.46. The Labute approximate surface area is 240 Å². The Kier molecular flexibility index (Phi) is 6.41. The van der Waals surface area contributed by atoms with E-state index in [1.807, 2.05) is 55.1 Å². The number of hydrogen-bond donors (Lipinski definition) is 2. The van der Waals surface area contributed by atoms with Crippen molar-refractivity contribution < 1.29 is 19.9 Å². The highest BCUT2D eigenvalue weighted by Gasteiger charge is 2.24. The Morgan fingerprint density at radius 2 is 2.10 bits per heavy atom. The van der Waals surface area contributed by atoms with Crippen molar-refractivity contribution in [2.24, 2.45) is 7.05 Å². The number of nitrogen functional groups attached to an aromatic ring is 1. The van der Waals surface area contributed by atoms with E-state index in [-0.39, 0.29) is 8.03 Å². The first-order valence-corrected chi connectivity index (χ1v) is 13.4. The standard InChI is InChI=1S/C30H37N7O2.4H2/c1-6-39-29(38)22-16-32-30(34-28(22)23-18-37(5)26-12-8-7-11-21(23)26)33-25-15-24(31)27(14-19(25)2)36(4)17-20-10-9-13-35(20)3;;;;/h7-8,11-12,14-16,18,20H,6,9-10,13,17,31H2,1-5H3,(H,32,33,34);4*1H/t20-;;;;/m1..../s1/i;3*1+2T;1+2. The molecule has 1 atom stereocenters. The fourth-order valence-corrected chi connectivity index (χ4v) is 5.46. The lowest BCUT2D eigenvalue weighted by Crippen LogP contribution is -2.36. The summed E-state index contributed by atoms with van der Waals surface area (Å²) in [4.78, 5) is 26.8. The van der Waals surface area contributed by atoms with Gasteiger partial charge in [-0.3, -0.25) is 0 Å². The van der Waals surface area contributed by atoms with Crippen molar-refractivity contribution in [3.63, 3.8) is 0 Å². The van der Waals surface area contributed by atoms with Gasteiger partial charge in [0.2, 0.25) is 5.95 Å². The minimum atomic E-state index is -0.451. The highest BCUT2D eigenvalue weighted by Crippen LogP contribution is 2.34. The largest absolute Gasteiger partial charge is 0.462 e. The minimum absolute atomic E-state index is 0. The zero-order valence-electron chi connectivity index (χ0n) is 29.4. The van der Waals surface area contributed by atoms with E-state index in [0.29, 0.717) is 28.9 Å². The van der Waals surface area contributed by atoms with Crippen LogP contribution in [0.25, 0.3) is 22.2 Å². The van der Waals surface area contributed by atoms with E-state index in [0.717, 1.165) is 46.5 Å². The highest BCUT2D eigenvalue weighted by atomic mass is 16.5. The quantitative estimate of drug-likeness (QED) is 0.205. The second-order valence-electron chi connectivity index (χ2n) is 10.4. The Balaban J connectivity index is 0.00000143. The van der Waals surface area contributed by atoms with Crippen molar-refractivity contribution in [3.8, 4) is 11.3 Å². The van der Waals surface area contributed by atoms with Crippen molar-refractivity contribution in [2.75, 3.05) is 49.7 Å². The number of nitrogens with two attached hydrogens (primary N) is 1. The maximum absolute atomic E-state index is 12.8. The van der Waals surface area contributed by atoms with E-state index in [9.17, 15) is 4.79 Å². The third-order valence-corrected chi connectivity index (χ3v) is 7.62. The van der Waals surface area contributed by atoms with Crippen LogP contribution in [0.4, 0.5) is 23.0 Å². The molecule has 0 spiro atoms. The van der Waals surface area contributed by atoms with Crippen LogP contribution >= 0.6 is 0 Å². The summed E-state index contributed by atoms with van der Waals surface area (Å²) >= 11 is 0. The summed E-state index contributed by atoms with van der Waals surface area (Å²) in [5, 5.41) is 4.33. The van der Waals surface area contributed by atoms with Gasteiger partial charge in [0.05, 0.1) is 23.7 Å². The number of carbonyl (C=O) groups is 1. The Morgan fingerprint density at radius 1 is 1.31 bits per heavy atom. The van der Waals surface area contributed by atoms with Gasteiger partial charge >= 0.3 is 5.97 Å². The maximum Gasteiger partial charge on any atom is 0.341 e. The summed E-state index contributed by atoms with van der Waals surface area (Å²) < 4.78 is 37.3. The summed E-state index contributed by atoms with van der Waals surface area (Å²) in [6, 6.07) is 12.6. The van der Waals surface area contributed by atoms with Crippen LogP contribution in [0.1, 0.15) is 46.0 Å². The molecular formula is C30H45N7O2. The third kappa shape index (κ3) is 5.27. The lowest BCUT2D eigenvalue weighted by atomic mass is 10.1. The average Bonchev–Trinajstić information content (AvgIpc) is 3.63. The normalized spacial score (nSPS) is 16.2. The Morgan fingerprint density at radius 3 is 2.85 bits per heavy atom. The van der Waals surface area contributed by atoms with Gasteiger partial charge in [0.1, 0.15) is 5.56 Å². The van der Waals surface area contributed by atoms with Crippen molar-refractivity contribution >= 4 is 39.9 Å². The topological polar surface area (TPSA) is 102 Å². The van der Waals surface area contributed by atoms with Gasteiger partial charge < -0.3 is 30.2 Å². The molecule has 0 amide bonds. The fraction of sp³-hybridized carbons (Fsp3) is 0.367. The SMILES string of the molecule is CCOC(=O)c1cnc(Nc2cc(N)c(N(C)C[C@H]3CCCN3C)cc2C)nc1-c1cn(C)c2ccccc12.[3HH].[3H][3H].[3H][3H].[3H][3H]. The Bertz CT molecular complexity index is 1540. The van der Waals surface area contributed by atoms with Crippen LogP contribution in [-0.4, -0.2) is 65.2 Å². The molecule has 0 saturated carbocycles. The number of fused-ring (bicyclic) bond motifs is 1. The van der Waals surface area contributed by atoms with Gasteiger partial charge in [0.25, 0.3) is 0 Å². The van der Waals surface area contributed by atoms with E-state index in [1.165, 1.54) is 19.0 Å². The molecule has 1 aliphatic heterocycles. The molecule has 0 unspecified atom stereocenters. The number of aryl methyl sites for hydroxylation is 2. The molecule has 212 valence electrons. The average molecular weight is 550 g/mol. The van der Waals surface area contributed by atoms with E-state index in [4.69, 9.17) is 24.4 Å². The predicted molar refractivity (Wildman–Crippen MR) is 166 cm³/mol. The van der Waals surface area contributed by atoms with Crippen molar-refractivity contribution in [1.82, 2.24) is 19.4 Å². The number of esters is 1. The van der Waals surface area contributed by atoms with Crippen molar-refractivity contribution in [2.45, 2.75) is 32.7 Å². The summed E-state index contributed by atoms with van der Waals surface area (Å²) in [5.41, 5.74) is 12.8. The predicted octanol–water partition coefficient (Wildman–Crippen LogP) is 5.96. The van der Waals surface area contributed by atoms with Gasteiger partial charge in [-0.25, -0.2) is 14.8 Å².